The van der Waals surface area contributed by atoms with Crippen LogP contribution in [-0.2, 0) is 9.05 Å². The zero-order chi connectivity index (χ0) is 13.9. The number of halogens is 2. The Morgan fingerprint density at radius 2 is 1.89 bits per heavy atom. The van der Waals surface area contributed by atoms with Crippen molar-refractivity contribution < 1.29 is 17.6 Å². The number of carbonyl (C=O) groups excluding carboxylic acids is 1. The Bertz CT molecular complexity index is 555. The number of benzene rings is 1. The van der Waals surface area contributed by atoms with Crippen molar-refractivity contribution in [2.75, 3.05) is 13.1 Å². The monoisotopic (exact) mass is 293 g/mol. The minimum absolute atomic E-state index is 0.0966. The molecule has 0 bridgehead atoms. The Labute approximate surface area is 110 Å². The van der Waals surface area contributed by atoms with Crippen LogP contribution >= 0.6 is 10.7 Å². The molecule has 0 aromatic heterocycles. The number of hydrogen-bond donors (Lipinski definition) is 0. The van der Waals surface area contributed by atoms with Crippen LogP contribution in [0.5, 0.6) is 0 Å². The highest BCUT2D eigenvalue weighted by Crippen LogP contribution is 2.21. The van der Waals surface area contributed by atoms with Crippen LogP contribution in [0.4, 0.5) is 4.39 Å². The fraction of sp³-hybridized carbons (Fsp3) is 0.364. The molecule has 0 saturated heterocycles. The molecule has 0 fully saturated rings. The zero-order valence-corrected chi connectivity index (χ0v) is 11.6. The fourth-order valence-corrected chi connectivity index (χ4v) is 2.44. The predicted octanol–water partition coefficient (Wildman–Crippen LogP) is 2.24. The lowest BCUT2D eigenvalue weighted by Gasteiger charge is -2.18. The van der Waals surface area contributed by atoms with Gasteiger partial charge in [-0.15, -0.1) is 0 Å². The van der Waals surface area contributed by atoms with E-state index in [1.54, 1.807) is 13.8 Å². The minimum atomic E-state index is -4.20. The Balaban J connectivity index is 3.25. The molecule has 100 valence electrons. The first kappa shape index (κ1) is 14.9. The maximum Gasteiger partial charge on any atom is 0.264 e. The molecule has 0 radical (unpaired) electrons. The van der Waals surface area contributed by atoms with Crippen LogP contribution in [0.1, 0.15) is 24.2 Å². The quantitative estimate of drug-likeness (QED) is 0.800. The van der Waals surface area contributed by atoms with Gasteiger partial charge in [0.05, 0.1) is 0 Å². The third-order valence-corrected chi connectivity index (χ3v) is 3.83. The molecule has 0 atom stereocenters. The summed E-state index contributed by atoms with van der Waals surface area (Å²) in [5, 5.41) is 0. The molecular weight excluding hydrogens is 281 g/mol. The fourth-order valence-electron chi connectivity index (χ4n) is 1.52. The zero-order valence-electron chi connectivity index (χ0n) is 9.98. The molecule has 0 aliphatic rings. The van der Waals surface area contributed by atoms with E-state index in [1.807, 2.05) is 0 Å². The Kier molecular flexibility index (Phi) is 4.70. The molecule has 0 aliphatic carbocycles. The molecule has 0 N–H and O–H groups in total. The van der Waals surface area contributed by atoms with Crippen LogP contribution < -0.4 is 0 Å². The van der Waals surface area contributed by atoms with E-state index in [2.05, 4.69) is 0 Å². The first-order chi connectivity index (χ1) is 8.31. The molecule has 1 rings (SSSR count). The summed E-state index contributed by atoms with van der Waals surface area (Å²) < 4.78 is 35.6. The van der Waals surface area contributed by atoms with Crippen LogP contribution in [0.2, 0.25) is 0 Å². The maximum absolute atomic E-state index is 13.3. The van der Waals surface area contributed by atoms with Crippen LogP contribution in [0.15, 0.2) is 23.1 Å². The van der Waals surface area contributed by atoms with Crippen molar-refractivity contribution >= 4 is 25.6 Å². The van der Waals surface area contributed by atoms with E-state index in [0.717, 1.165) is 12.1 Å². The van der Waals surface area contributed by atoms with Crippen molar-refractivity contribution in [2.45, 2.75) is 18.7 Å². The third kappa shape index (κ3) is 3.20. The molecule has 1 aromatic carbocycles. The second-order valence-electron chi connectivity index (χ2n) is 3.56. The lowest BCUT2D eigenvalue weighted by molar-refractivity contribution is 0.0772. The van der Waals surface area contributed by atoms with Gasteiger partial charge in [-0.25, -0.2) is 12.8 Å². The van der Waals surface area contributed by atoms with Crippen molar-refractivity contribution in [3.63, 3.8) is 0 Å². The molecule has 0 unspecified atom stereocenters. The number of nitrogens with zero attached hydrogens (tertiary/aromatic N) is 1. The van der Waals surface area contributed by atoms with Crippen molar-refractivity contribution in [3.05, 3.63) is 29.6 Å². The number of hydrogen-bond acceptors (Lipinski definition) is 3. The van der Waals surface area contributed by atoms with Crippen molar-refractivity contribution in [1.82, 2.24) is 4.90 Å². The highest BCUT2D eigenvalue weighted by molar-refractivity contribution is 8.13. The Morgan fingerprint density at radius 1 is 1.33 bits per heavy atom. The molecule has 0 aliphatic heterocycles. The SMILES string of the molecule is CCN(CC)C(=O)c1ccc(F)c(S(=O)(=O)Cl)c1. The summed E-state index contributed by atoms with van der Waals surface area (Å²) in [5.41, 5.74) is 0.0966. The second-order valence-corrected chi connectivity index (χ2v) is 6.09. The van der Waals surface area contributed by atoms with Gasteiger partial charge in [-0.1, -0.05) is 0 Å². The summed E-state index contributed by atoms with van der Waals surface area (Å²) in [6, 6.07) is 3.12. The summed E-state index contributed by atoms with van der Waals surface area (Å²) in [7, 11) is 0.893. The molecule has 0 saturated carbocycles. The van der Waals surface area contributed by atoms with E-state index in [1.165, 1.54) is 11.0 Å². The van der Waals surface area contributed by atoms with Gasteiger partial charge in [0.15, 0.2) is 0 Å². The molecule has 0 spiro atoms. The standard InChI is InChI=1S/C11H13ClFNO3S/c1-3-14(4-2)11(15)8-5-6-9(13)10(7-8)18(12,16)17/h5-7H,3-4H2,1-2H3. The van der Waals surface area contributed by atoms with Gasteiger partial charge in [-0.05, 0) is 32.0 Å². The van der Waals surface area contributed by atoms with Crippen molar-refractivity contribution in [1.29, 1.82) is 0 Å². The van der Waals surface area contributed by atoms with Gasteiger partial charge < -0.3 is 4.90 Å². The Hall–Kier alpha value is -1.14. The number of rotatable bonds is 4. The molecular formula is C11H13ClFNO3S. The van der Waals surface area contributed by atoms with E-state index in [9.17, 15) is 17.6 Å². The van der Waals surface area contributed by atoms with Gasteiger partial charge in [0.1, 0.15) is 10.7 Å². The summed E-state index contributed by atoms with van der Waals surface area (Å²) in [6.45, 7) is 4.56. The Morgan fingerprint density at radius 3 is 2.33 bits per heavy atom. The van der Waals surface area contributed by atoms with Gasteiger partial charge in [0.25, 0.3) is 15.0 Å². The highest BCUT2D eigenvalue weighted by atomic mass is 35.7. The molecule has 18 heavy (non-hydrogen) atoms. The first-order valence-electron chi connectivity index (χ1n) is 5.34. The minimum Gasteiger partial charge on any atom is -0.339 e. The van der Waals surface area contributed by atoms with Crippen LogP contribution in [0, 0.1) is 5.82 Å². The molecule has 0 heterocycles. The molecule has 1 amide bonds. The van der Waals surface area contributed by atoms with Crippen molar-refractivity contribution in [2.24, 2.45) is 0 Å². The predicted molar refractivity (Wildman–Crippen MR) is 66.7 cm³/mol. The second kappa shape index (κ2) is 5.67. The molecule has 1 aromatic rings. The van der Waals surface area contributed by atoms with Gasteiger partial charge >= 0.3 is 0 Å². The van der Waals surface area contributed by atoms with E-state index < -0.39 is 19.8 Å². The van der Waals surface area contributed by atoms with Gasteiger partial charge in [0, 0.05) is 29.3 Å². The van der Waals surface area contributed by atoms with Crippen LogP contribution in [-0.4, -0.2) is 32.3 Å². The summed E-state index contributed by atoms with van der Waals surface area (Å²) >= 11 is 0. The average molecular weight is 294 g/mol. The molecule has 4 nitrogen and oxygen atoms in total. The number of amides is 1. The summed E-state index contributed by atoms with van der Waals surface area (Å²) in [4.78, 5) is 12.8. The molecule has 7 heteroatoms. The van der Waals surface area contributed by atoms with E-state index in [4.69, 9.17) is 10.7 Å². The van der Waals surface area contributed by atoms with E-state index >= 15 is 0 Å². The summed E-state index contributed by atoms with van der Waals surface area (Å²) in [6.07, 6.45) is 0. The number of carbonyl (C=O) groups is 1. The normalized spacial score (nSPS) is 11.3. The highest BCUT2D eigenvalue weighted by Gasteiger charge is 2.20. The summed E-state index contributed by atoms with van der Waals surface area (Å²) in [5.74, 6) is -1.33. The van der Waals surface area contributed by atoms with Gasteiger partial charge in [0.2, 0.25) is 0 Å². The van der Waals surface area contributed by atoms with Crippen molar-refractivity contribution in [3.8, 4) is 0 Å². The largest absolute Gasteiger partial charge is 0.339 e. The lowest BCUT2D eigenvalue weighted by atomic mass is 10.2. The van der Waals surface area contributed by atoms with Gasteiger partial charge in [-0.3, -0.25) is 4.79 Å². The van der Waals surface area contributed by atoms with Gasteiger partial charge in [-0.2, -0.15) is 0 Å². The van der Waals surface area contributed by atoms with Crippen LogP contribution in [0.25, 0.3) is 0 Å². The first-order valence-corrected chi connectivity index (χ1v) is 7.65. The smallest absolute Gasteiger partial charge is 0.264 e. The van der Waals surface area contributed by atoms with Crippen LogP contribution in [0.3, 0.4) is 0 Å². The average Bonchev–Trinajstić information content (AvgIpc) is 2.29. The third-order valence-electron chi connectivity index (χ3n) is 2.49. The topological polar surface area (TPSA) is 54.5 Å². The van der Waals surface area contributed by atoms with E-state index in [0.29, 0.717) is 13.1 Å². The maximum atomic E-state index is 13.3. The van der Waals surface area contributed by atoms with E-state index in [-0.39, 0.29) is 11.5 Å². The lowest BCUT2D eigenvalue weighted by Crippen LogP contribution is -2.30.